The highest BCUT2D eigenvalue weighted by Crippen LogP contribution is 2.45. The van der Waals surface area contributed by atoms with Gasteiger partial charge in [-0.3, -0.25) is 9.59 Å². The highest BCUT2D eigenvalue weighted by Gasteiger charge is 2.51. The van der Waals surface area contributed by atoms with Gasteiger partial charge in [-0.15, -0.1) is 0 Å². The van der Waals surface area contributed by atoms with Crippen molar-refractivity contribution in [2.75, 3.05) is 13.2 Å². The zero-order valence-electron chi connectivity index (χ0n) is 16.6. The lowest BCUT2D eigenvalue weighted by atomic mass is 9.85. The first-order valence-electron chi connectivity index (χ1n) is 10.7. The van der Waals surface area contributed by atoms with Crippen LogP contribution in [-0.2, 0) is 9.59 Å². The monoisotopic (exact) mass is 378 g/mol. The first-order chi connectivity index (χ1) is 12.9. The lowest BCUT2D eigenvalue weighted by molar-refractivity contribution is -0.143. The van der Waals surface area contributed by atoms with E-state index in [9.17, 15) is 19.8 Å². The van der Waals surface area contributed by atoms with Gasteiger partial charge in [0.25, 0.3) is 0 Å². The molecule has 0 aliphatic carbocycles. The highest BCUT2D eigenvalue weighted by atomic mass is 16.3. The van der Waals surface area contributed by atoms with Crippen LogP contribution >= 0.6 is 0 Å². The maximum atomic E-state index is 13.2. The molecule has 6 nitrogen and oxygen atoms in total. The summed E-state index contributed by atoms with van der Waals surface area (Å²) in [6.07, 6.45) is 6.90. The molecule has 4 bridgehead atoms. The van der Waals surface area contributed by atoms with Crippen molar-refractivity contribution < 1.29 is 19.8 Å². The maximum Gasteiger partial charge on any atom is 0.228 e. The second-order valence-electron chi connectivity index (χ2n) is 9.85. The molecule has 4 aliphatic heterocycles. The normalized spacial score (nSPS) is 37.5. The standard InChI is InChI=1S/C21H34N2O4/c1-21(2,20(27)23-16-4-6-18(23)14(10-16)12-25)8-7-19(26)22-15-3-5-17(22)13(9-15)11-24/h13-18,24-25H,3-12H2,1-2H3. The molecule has 6 unspecified atom stereocenters. The van der Waals surface area contributed by atoms with Gasteiger partial charge in [-0.05, 0) is 44.9 Å². The van der Waals surface area contributed by atoms with Crippen molar-refractivity contribution in [1.82, 2.24) is 9.80 Å². The molecule has 152 valence electrons. The molecule has 2 N–H and O–H groups in total. The number of amides is 2. The predicted molar refractivity (Wildman–Crippen MR) is 101 cm³/mol. The van der Waals surface area contributed by atoms with Crippen LogP contribution in [0.5, 0.6) is 0 Å². The van der Waals surface area contributed by atoms with Crippen molar-refractivity contribution in [3.63, 3.8) is 0 Å². The van der Waals surface area contributed by atoms with E-state index in [1.807, 2.05) is 23.6 Å². The van der Waals surface area contributed by atoms with Gasteiger partial charge in [-0.25, -0.2) is 0 Å². The number of nitrogens with zero attached hydrogens (tertiary/aromatic N) is 2. The van der Waals surface area contributed by atoms with Crippen molar-refractivity contribution >= 4 is 11.8 Å². The average molecular weight is 379 g/mol. The van der Waals surface area contributed by atoms with Crippen LogP contribution in [0.1, 0.15) is 65.2 Å². The van der Waals surface area contributed by atoms with Crippen LogP contribution in [0.4, 0.5) is 0 Å². The molecule has 0 aromatic carbocycles. The molecule has 0 aromatic heterocycles. The highest BCUT2D eigenvalue weighted by molar-refractivity contribution is 5.84. The van der Waals surface area contributed by atoms with Gasteiger partial charge in [-0.1, -0.05) is 13.8 Å². The Bertz CT molecular complexity index is 607. The van der Waals surface area contributed by atoms with E-state index in [1.54, 1.807) is 0 Å². The number of carbonyl (C=O) groups excluding carboxylic acids is 2. The Morgan fingerprint density at radius 2 is 1.41 bits per heavy atom. The molecular weight excluding hydrogens is 344 g/mol. The second-order valence-corrected chi connectivity index (χ2v) is 9.85. The molecule has 4 fully saturated rings. The summed E-state index contributed by atoms with van der Waals surface area (Å²) in [6.45, 7) is 4.25. The fraction of sp³-hybridized carbons (Fsp3) is 0.905. The summed E-state index contributed by atoms with van der Waals surface area (Å²) < 4.78 is 0. The summed E-state index contributed by atoms with van der Waals surface area (Å²) in [5.41, 5.74) is -0.560. The molecule has 0 spiro atoms. The third-order valence-electron chi connectivity index (χ3n) is 7.86. The van der Waals surface area contributed by atoms with E-state index < -0.39 is 5.41 Å². The quantitative estimate of drug-likeness (QED) is 0.735. The third-order valence-corrected chi connectivity index (χ3v) is 7.86. The maximum absolute atomic E-state index is 13.2. The molecule has 4 aliphatic rings. The molecule has 2 amide bonds. The van der Waals surface area contributed by atoms with Gasteiger partial charge < -0.3 is 20.0 Å². The predicted octanol–water partition coefficient (Wildman–Crippen LogP) is 1.54. The number of aliphatic hydroxyl groups excluding tert-OH is 2. The minimum absolute atomic E-state index is 0.149. The molecule has 6 atom stereocenters. The van der Waals surface area contributed by atoms with Crippen molar-refractivity contribution in [1.29, 1.82) is 0 Å². The fourth-order valence-corrected chi connectivity index (χ4v) is 6.33. The van der Waals surface area contributed by atoms with E-state index >= 15 is 0 Å². The SMILES string of the molecule is CC(C)(CCC(=O)N1C2CCC1C(CO)C2)C(=O)N1C2CCC1C(CO)C2. The van der Waals surface area contributed by atoms with Gasteiger partial charge >= 0.3 is 0 Å². The van der Waals surface area contributed by atoms with Crippen LogP contribution < -0.4 is 0 Å². The fourth-order valence-electron chi connectivity index (χ4n) is 6.33. The molecular formula is C21H34N2O4. The zero-order valence-corrected chi connectivity index (χ0v) is 16.6. The van der Waals surface area contributed by atoms with Gasteiger partial charge in [-0.2, -0.15) is 0 Å². The van der Waals surface area contributed by atoms with E-state index in [1.165, 1.54) is 0 Å². The van der Waals surface area contributed by atoms with Gasteiger partial charge in [0.05, 0.1) is 0 Å². The van der Waals surface area contributed by atoms with Crippen LogP contribution in [0.25, 0.3) is 0 Å². The van der Waals surface area contributed by atoms with Crippen LogP contribution in [0.3, 0.4) is 0 Å². The van der Waals surface area contributed by atoms with Crippen LogP contribution in [0, 0.1) is 17.3 Å². The number of carbonyl (C=O) groups is 2. The minimum Gasteiger partial charge on any atom is -0.396 e. The van der Waals surface area contributed by atoms with Gasteiger partial charge in [0.2, 0.25) is 11.8 Å². The first kappa shape index (κ1) is 19.2. The number of hydrogen-bond acceptors (Lipinski definition) is 4. The van der Waals surface area contributed by atoms with Gasteiger partial charge in [0.1, 0.15) is 0 Å². The molecule has 6 heteroatoms. The third kappa shape index (κ3) is 3.09. The topological polar surface area (TPSA) is 81.1 Å². The summed E-state index contributed by atoms with van der Waals surface area (Å²) in [4.78, 5) is 30.2. The van der Waals surface area contributed by atoms with Crippen LogP contribution in [0.15, 0.2) is 0 Å². The van der Waals surface area contributed by atoms with Crippen molar-refractivity contribution in [3.05, 3.63) is 0 Å². The van der Waals surface area contributed by atoms with E-state index in [0.29, 0.717) is 18.9 Å². The molecule has 27 heavy (non-hydrogen) atoms. The molecule has 0 radical (unpaired) electrons. The minimum atomic E-state index is -0.560. The van der Waals surface area contributed by atoms with E-state index in [-0.39, 0.29) is 55.0 Å². The summed E-state index contributed by atoms with van der Waals surface area (Å²) in [5.74, 6) is 0.757. The summed E-state index contributed by atoms with van der Waals surface area (Å²) in [5, 5.41) is 19.1. The lowest BCUT2D eigenvalue weighted by Gasteiger charge is -2.33. The second kappa shape index (κ2) is 7.03. The number of hydrogen-bond donors (Lipinski definition) is 2. The smallest absolute Gasteiger partial charge is 0.228 e. The van der Waals surface area contributed by atoms with Crippen LogP contribution in [0.2, 0.25) is 0 Å². The Balaban J connectivity index is 1.36. The number of aliphatic hydroxyl groups is 2. The van der Waals surface area contributed by atoms with Crippen molar-refractivity contribution in [2.45, 2.75) is 89.4 Å². The van der Waals surface area contributed by atoms with Crippen LogP contribution in [-0.4, -0.2) is 69.2 Å². The average Bonchev–Trinajstić information content (AvgIpc) is 3.42. The Morgan fingerprint density at radius 3 is 1.93 bits per heavy atom. The Hall–Kier alpha value is -1.14. The summed E-state index contributed by atoms with van der Waals surface area (Å²) in [7, 11) is 0. The molecule has 4 saturated heterocycles. The first-order valence-corrected chi connectivity index (χ1v) is 10.7. The van der Waals surface area contributed by atoms with Crippen molar-refractivity contribution in [2.24, 2.45) is 17.3 Å². The largest absolute Gasteiger partial charge is 0.396 e. The number of fused-ring (bicyclic) bond motifs is 4. The number of rotatable bonds is 6. The van der Waals surface area contributed by atoms with Gasteiger partial charge in [0.15, 0.2) is 0 Å². The van der Waals surface area contributed by atoms with Crippen molar-refractivity contribution in [3.8, 4) is 0 Å². The lowest BCUT2D eigenvalue weighted by Crippen LogP contribution is -2.45. The van der Waals surface area contributed by atoms with E-state index in [4.69, 9.17) is 0 Å². The molecule has 4 heterocycles. The Kier molecular flexibility index (Phi) is 5.00. The Morgan fingerprint density at radius 1 is 0.889 bits per heavy atom. The molecule has 4 rings (SSSR count). The van der Waals surface area contributed by atoms with E-state index in [0.717, 1.165) is 38.5 Å². The zero-order chi connectivity index (χ0) is 19.3. The molecule has 0 saturated carbocycles. The van der Waals surface area contributed by atoms with Gasteiger partial charge in [0, 0.05) is 61.1 Å². The Labute approximate surface area is 161 Å². The van der Waals surface area contributed by atoms with E-state index in [2.05, 4.69) is 0 Å². The summed E-state index contributed by atoms with van der Waals surface area (Å²) in [6, 6.07) is 0.945. The summed E-state index contributed by atoms with van der Waals surface area (Å²) >= 11 is 0. The molecule has 0 aromatic rings.